The predicted octanol–water partition coefficient (Wildman–Crippen LogP) is 16.9. The van der Waals surface area contributed by atoms with E-state index < -0.39 is 0 Å². The Bertz CT molecular complexity index is 3380. The fraction of sp³-hybridized carbons (Fsp3) is 0.161. The van der Waals surface area contributed by atoms with Gasteiger partial charge in [-0.05, 0) is 160 Å². The van der Waals surface area contributed by atoms with Crippen LogP contribution >= 0.6 is 0 Å². The Balaban J connectivity index is 0.984. The Labute approximate surface area is 375 Å². The zero-order chi connectivity index (χ0) is 41.9. The van der Waals surface area contributed by atoms with Crippen molar-refractivity contribution in [2.24, 2.45) is 23.7 Å². The molecule has 0 aliphatic heterocycles. The van der Waals surface area contributed by atoms with Crippen molar-refractivity contribution in [3.05, 3.63) is 217 Å². The molecule has 0 unspecified atom stereocenters. The van der Waals surface area contributed by atoms with E-state index in [1.807, 2.05) is 0 Å². The molecule has 64 heavy (non-hydrogen) atoms. The smallest absolute Gasteiger partial charge is 0.0540 e. The molecular weight excluding hydrogens is 773 g/mol. The van der Waals surface area contributed by atoms with Crippen molar-refractivity contribution >= 4 is 66.4 Å². The van der Waals surface area contributed by atoms with E-state index in [4.69, 9.17) is 0 Å². The summed E-state index contributed by atoms with van der Waals surface area (Å²) in [5.41, 5.74) is 15.7. The average molecular weight is 821 g/mol. The number of benzene rings is 10. The van der Waals surface area contributed by atoms with Gasteiger partial charge < -0.3 is 9.80 Å². The van der Waals surface area contributed by atoms with E-state index in [1.54, 1.807) is 11.1 Å². The maximum atomic E-state index is 2.64. The standard InChI is InChI=1S/C62H48N2/c1-4-14-42(15-5-1)50-20-11-13-23-57(50)64(48-18-8-3-9-19-48)59-33-27-44-24-29-53-58(32-26-43-25-30-54(59)61(44)60(43)53)63(47-16-6-2-7-17-47)49-28-31-52-51-21-10-12-22-55(51)62(56(52)39-49)45-35-40-34-41(37-45)38-46(62)36-40/h1-33,39-41,45-46H,34-38H2. The molecule has 0 N–H and O–H groups in total. The molecular formula is C62H48N2. The summed E-state index contributed by atoms with van der Waals surface area (Å²) in [6, 6.07) is 77.5. The van der Waals surface area contributed by atoms with Gasteiger partial charge in [0.15, 0.2) is 0 Å². The number of hydrogen-bond acceptors (Lipinski definition) is 2. The molecule has 1 spiro atoms. The fourth-order valence-electron chi connectivity index (χ4n) is 14.0. The maximum absolute atomic E-state index is 2.64. The minimum absolute atomic E-state index is 0.0977. The highest BCUT2D eigenvalue weighted by Gasteiger charge is 2.61. The number of anilines is 6. The highest BCUT2D eigenvalue weighted by molar-refractivity contribution is 6.28. The second-order valence-electron chi connectivity index (χ2n) is 19.3. The minimum atomic E-state index is 0.0977. The molecule has 0 aromatic heterocycles. The van der Waals surface area contributed by atoms with Crippen LogP contribution in [0.25, 0.3) is 54.6 Å². The molecule has 0 atom stereocenters. The number of para-hydroxylation sites is 3. The van der Waals surface area contributed by atoms with Gasteiger partial charge in [0.25, 0.3) is 0 Å². The first-order chi connectivity index (χ1) is 31.7. The van der Waals surface area contributed by atoms with Crippen LogP contribution in [0.4, 0.5) is 34.1 Å². The van der Waals surface area contributed by atoms with Crippen LogP contribution in [0.15, 0.2) is 206 Å². The Morgan fingerprint density at radius 2 is 0.844 bits per heavy atom. The quantitative estimate of drug-likeness (QED) is 0.148. The van der Waals surface area contributed by atoms with Crippen molar-refractivity contribution in [3.63, 3.8) is 0 Å². The number of hydrogen-bond donors (Lipinski definition) is 0. The number of rotatable bonds is 7. The van der Waals surface area contributed by atoms with E-state index in [9.17, 15) is 0 Å². The summed E-state index contributed by atoms with van der Waals surface area (Å²) < 4.78 is 0. The van der Waals surface area contributed by atoms with E-state index in [2.05, 4.69) is 216 Å². The van der Waals surface area contributed by atoms with Crippen molar-refractivity contribution in [2.75, 3.05) is 9.80 Å². The van der Waals surface area contributed by atoms with Crippen molar-refractivity contribution in [1.29, 1.82) is 0 Å². The van der Waals surface area contributed by atoms with Gasteiger partial charge in [-0.3, -0.25) is 0 Å². The van der Waals surface area contributed by atoms with Crippen molar-refractivity contribution in [3.8, 4) is 22.3 Å². The number of nitrogens with zero attached hydrogens (tertiary/aromatic N) is 2. The van der Waals surface area contributed by atoms with Crippen molar-refractivity contribution in [1.82, 2.24) is 0 Å². The molecule has 4 saturated carbocycles. The van der Waals surface area contributed by atoms with Gasteiger partial charge in [-0.1, -0.05) is 152 Å². The first-order valence-electron chi connectivity index (χ1n) is 23.5. The average Bonchev–Trinajstić information content (AvgIpc) is 3.64. The second kappa shape index (κ2) is 13.9. The molecule has 5 aliphatic rings. The predicted molar refractivity (Wildman–Crippen MR) is 268 cm³/mol. The Kier molecular flexibility index (Phi) is 7.90. The molecule has 5 aliphatic carbocycles. The van der Waals surface area contributed by atoms with Crippen LogP contribution in [-0.2, 0) is 5.41 Å². The topological polar surface area (TPSA) is 6.48 Å². The zero-order valence-electron chi connectivity index (χ0n) is 35.9. The third-order valence-electron chi connectivity index (χ3n) is 16.2. The molecule has 15 rings (SSSR count). The van der Waals surface area contributed by atoms with E-state index in [0.29, 0.717) is 11.8 Å². The van der Waals surface area contributed by atoms with Gasteiger partial charge in [0.2, 0.25) is 0 Å². The molecule has 4 fully saturated rings. The van der Waals surface area contributed by atoms with Gasteiger partial charge in [0.1, 0.15) is 0 Å². The lowest BCUT2D eigenvalue weighted by atomic mass is 9.43. The molecule has 4 bridgehead atoms. The highest BCUT2D eigenvalue weighted by Crippen LogP contribution is 2.69. The summed E-state index contributed by atoms with van der Waals surface area (Å²) in [7, 11) is 0. The third kappa shape index (κ3) is 5.14. The summed E-state index contributed by atoms with van der Waals surface area (Å²) in [5, 5.41) is 7.63. The van der Waals surface area contributed by atoms with Gasteiger partial charge in [-0.15, -0.1) is 0 Å². The van der Waals surface area contributed by atoms with Crippen LogP contribution in [0, 0.1) is 23.7 Å². The monoisotopic (exact) mass is 820 g/mol. The Morgan fingerprint density at radius 3 is 1.48 bits per heavy atom. The van der Waals surface area contributed by atoms with Crippen LogP contribution in [0.3, 0.4) is 0 Å². The largest absolute Gasteiger partial charge is 0.310 e. The first kappa shape index (κ1) is 36.3. The normalized spacial score (nSPS) is 21.5. The molecule has 2 nitrogen and oxygen atoms in total. The third-order valence-corrected chi connectivity index (χ3v) is 16.2. The number of fused-ring (bicyclic) bond motifs is 3. The molecule has 0 amide bonds. The van der Waals surface area contributed by atoms with Crippen LogP contribution in [0.2, 0.25) is 0 Å². The molecule has 10 aromatic rings. The van der Waals surface area contributed by atoms with Gasteiger partial charge in [0, 0.05) is 38.8 Å². The molecule has 10 aromatic carbocycles. The van der Waals surface area contributed by atoms with Crippen LogP contribution < -0.4 is 9.80 Å². The Morgan fingerprint density at radius 1 is 0.344 bits per heavy atom. The van der Waals surface area contributed by atoms with Gasteiger partial charge in [-0.25, -0.2) is 0 Å². The minimum Gasteiger partial charge on any atom is -0.310 e. The zero-order valence-corrected chi connectivity index (χ0v) is 35.9. The van der Waals surface area contributed by atoms with E-state index >= 15 is 0 Å². The summed E-state index contributed by atoms with van der Waals surface area (Å²) in [6.45, 7) is 0. The van der Waals surface area contributed by atoms with Gasteiger partial charge >= 0.3 is 0 Å². The van der Waals surface area contributed by atoms with Crippen molar-refractivity contribution < 1.29 is 0 Å². The second-order valence-corrected chi connectivity index (χ2v) is 19.3. The van der Waals surface area contributed by atoms with Crippen LogP contribution in [0.5, 0.6) is 0 Å². The van der Waals surface area contributed by atoms with E-state index in [0.717, 1.165) is 23.2 Å². The lowest BCUT2D eigenvalue weighted by Crippen LogP contribution is -2.55. The Hall–Kier alpha value is -7.16. The van der Waals surface area contributed by atoms with Crippen LogP contribution in [-0.4, -0.2) is 0 Å². The SMILES string of the molecule is c1ccc(-c2ccccc2N(c2ccccc2)c2ccc3ccc4c(N(c5ccccc5)c5ccc6c(c5)C5(c7ccccc7-6)C6CC7CC(C6)CC5C7)ccc5ccc2c3c54)cc1. The maximum Gasteiger partial charge on any atom is 0.0540 e. The van der Waals surface area contributed by atoms with Gasteiger partial charge in [0.05, 0.1) is 17.1 Å². The first-order valence-corrected chi connectivity index (χ1v) is 23.5. The molecule has 0 heterocycles. The lowest BCUT2D eigenvalue weighted by Gasteiger charge is -2.61. The summed E-state index contributed by atoms with van der Waals surface area (Å²) in [5.74, 6) is 3.24. The molecule has 0 saturated heterocycles. The molecule has 306 valence electrons. The summed E-state index contributed by atoms with van der Waals surface area (Å²) in [4.78, 5) is 5.03. The van der Waals surface area contributed by atoms with E-state index in [1.165, 1.54) is 109 Å². The molecule has 0 radical (unpaired) electrons. The highest BCUT2D eigenvalue weighted by atomic mass is 15.2. The summed E-state index contributed by atoms with van der Waals surface area (Å²) >= 11 is 0. The van der Waals surface area contributed by atoms with E-state index in [-0.39, 0.29) is 5.41 Å². The fourth-order valence-corrected chi connectivity index (χ4v) is 14.0. The van der Waals surface area contributed by atoms with Gasteiger partial charge in [-0.2, -0.15) is 0 Å². The molecule has 2 heteroatoms. The lowest BCUT2D eigenvalue weighted by molar-refractivity contribution is -0.0399. The van der Waals surface area contributed by atoms with Crippen LogP contribution in [0.1, 0.15) is 43.2 Å². The van der Waals surface area contributed by atoms with Crippen molar-refractivity contribution in [2.45, 2.75) is 37.5 Å². The summed E-state index contributed by atoms with van der Waals surface area (Å²) in [6.07, 6.45) is 6.97.